The molecule has 3 heterocycles. The molecule has 0 aliphatic carbocycles. The lowest BCUT2D eigenvalue weighted by Gasteiger charge is -2.23. The third kappa shape index (κ3) is 5.55. The van der Waals surface area contributed by atoms with Crippen LogP contribution in [0.1, 0.15) is 17.7 Å². The zero-order chi connectivity index (χ0) is 22.2. The van der Waals surface area contributed by atoms with Gasteiger partial charge in [0.1, 0.15) is 12.4 Å². The van der Waals surface area contributed by atoms with Gasteiger partial charge in [-0.25, -0.2) is 4.98 Å². The normalized spacial score (nSPS) is 14.5. The van der Waals surface area contributed by atoms with Gasteiger partial charge in [-0.2, -0.15) is 0 Å². The Morgan fingerprint density at radius 1 is 1.12 bits per heavy atom. The Bertz CT molecular complexity index is 1040. The number of fused-ring (bicyclic) bond motifs is 2. The van der Waals surface area contributed by atoms with Crippen molar-refractivity contribution in [3.05, 3.63) is 60.0 Å². The molecule has 0 spiro atoms. The summed E-state index contributed by atoms with van der Waals surface area (Å²) in [5.74, 6) is 2.55. The number of ether oxygens (including phenoxy) is 4. The molecule has 0 radical (unpaired) electrons. The van der Waals surface area contributed by atoms with Crippen molar-refractivity contribution in [1.29, 1.82) is 0 Å². The zero-order valence-corrected chi connectivity index (χ0v) is 17.9. The average Bonchev–Trinajstić information content (AvgIpc) is 3.29. The van der Waals surface area contributed by atoms with Crippen LogP contribution in [0, 0.1) is 0 Å². The predicted octanol–water partition coefficient (Wildman–Crippen LogP) is 3.24. The van der Waals surface area contributed by atoms with Gasteiger partial charge in [0.25, 0.3) is 5.88 Å². The molecule has 2 aromatic heterocycles. The second-order valence-corrected chi connectivity index (χ2v) is 7.13. The quantitative estimate of drug-likeness (QED) is 0.611. The van der Waals surface area contributed by atoms with Gasteiger partial charge in [0, 0.05) is 37.2 Å². The van der Waals surface area contributed by atoms with Crippen molar-refractivity contribution in [1.82, 2.24) is 15.0 Å². The number of nitrogens with zero attached hydrogens (tertiary/aromatic N) is 3. The van der Waals surface area contributed by atoms with Crippen LogP contribution in [-0.4, -0.2) is 54.4 Å². The molecule has 1 amide bonds. The molecular weight excluding hydrogens is 414 g/mol. The Morgan fingerprint density at radius 2 is 2.00 bits per heavy atom. The maximum atomic E-state index is 13.0. The Morgan fingerprint density at radius 3 is 2.84 bits per heavy atom. The summed E-state index contributed by atoms with van der Waals surface area (Å²) < 4.78 is 27.8. The molecule has 32 heavy (non-hydrogen) atoms. The minimum atomic E-state index is -0.0368. The van der Waals surface area contributed by atoms with E-state index in [1.54, 1.807) is 17.2 Å². The largest absolute Gasteiger partial charge is 0.487 e. The first kappa shape index (κ1) is 21.6. The molecule has 4 rings (SSSR count). The highest BCUT2D eigenvalue weighted by Gasteiger charge is 2.19. The van der Waals surface area contributed by atoms with Crippen LogP contribution in [0.25, 0.3) is 0 Å². The van der Waals surface area contributed by atoms with Gasteiger partial charge in [0.15, 0.2) is 11.5 Å². The van der Waals surface area contributed by atoms with Gasteiger partial charge in [-0.3, -0.25) is 4.79 Å². The van der Waals surface area contributed by atoms with Crippen molar-refractivity contribution in [2.45, 2.75) is 19.4 Å². The third-order valence-electron chi connectivity index (χ3n) is 4.94. The lowest BCUT2D eigenvalue weighted by atomic mass is 10.2. The molecule has 0 unspecified atom stereocenters. The molecule has 0 saturated heterocycles. The Hall–Kier alpha value is -3.59. The molecule has 3 aromatic rings. The second-order valence-electron chi connectivity index (χ2n) is 7.13. The molecule has 0 fully saturated rings. The van der Waals surface area contributed by atoms with E-state index >= 15 is 0 Å². The Kier molecular flexibility index (Phi) is 7.19. The summed E-state index contributed by atoms with van der Waals surface area (Å²) >= 11 is 0. The maximum Gasteiger partial charge on any atom is 0.254 e. The molecule has 9 nitrogen and oxygen atoms in total. The summed E-state index contributed by atoms with van der Waals surface area (Å²) in [6.45, 7) is 1.94. The van der Waals surface area contributed by atoms with Crippen LogP contribution in [0.2, 0.25) is 0 Å². The van der Waals surface area contributed by atoms with E-state index in [0.29, 0.717) is 68.4 Å². The number of carbonyl (C=O) groups is 1. The highest BCUT2D eigenvalue weighted by atomic mass is 16.5. The lowest BCUT2D eigenvalue weighted by Crippen LogP contribution is -2.34. The number of aromatic nitrogens is 2. The van der Waals surface area contributed by atoms with Crippen molar-refractivity contribution in [3.8, 4) is 23.3 Å². The van der Waals surface area contributed by atoms with E-state index in [0.717, 1.165) is 5.56 Å². The lowest BCUT2D eigenvalue weighted by molar-refractivity contribution is -0.132. The minimum absolute atomic E-state index is 0.0368. The van der Waals surface area contributed by atoms with Gasteiger partial charge < -0.3 is 28.4 Å². The standard InChI is InChI=1S/C23H25N3O6/c1-28-21-15-18(32-25-21)8-9-22(27)26-11-12-29-13-14-30-19-6-2-3-7-20(19)31-23-17(16-26)5-4-10-24-23/h2-7,10,15H,8-9,11-14,16H2,1H3. The summed E-state index contributed by atoms with van der Waals surface area (Å²) in [5, 5.41) is 3.77. The first-order chi connectivity index (χ1) is 15.7. The molecule has 1 aromatic carbocycles. The summed E-state index contributed by atoms with van der Waals surface area (Å²) in [4.78, 5) is 19.2. The first-order valence-electron chi connectivity index (χ1n) is 10.4. The van der Waals surface area contributed by atoms with E-state index in [2.05, 4.69) is 10.1 Å². The van der Waals surface area contributed by atoms with E-state index in [4.69, 9.17) is 23.5 Å². The molecule has 0 saturated carbocycles. The van der Waals surface area contributed by atoms with Crippen LogP contribution >= 0.6 is 0 Å². The van der Waals surface area contributed by atoms with Gasteiger partial charge in [0.05, 0.1) is 26.9 Å². The highest BCUT2D eigenvalue weighted by Crippen LogP contribution is 2.32. The maximum absolute atomic E-state index is 13.0. The average molecular weight is 439 g/mol. The monoisotopic (exact) mass is 439 g/mol. The highest BCUT2D eigenvalue weighted by molar-refractivity contribution is 5.76. The van der Waals surface area contributed by atoms with Crippen LogP contribution in [0.4, 0.5) is 0 Å². The van der Waals surface area contributed by atoms with E-state index < -0.39 is 0 Å². The summed E-state index contributed by atoms with van der Waals surface area (Å²) in [6.07, 6.45) is 2.35. The summed E-state index contributed by atoms with van der Waals surface area (Å²) in [6, 6.07) is 12.8. The fourth-order valence-corrected chi connectivity index (χ4v) is 3.28. The molecule has 1 aliphatic rings. The fraction of sp³-hybridized carbons (Fsp3) is 0.348. The van der Waals surface area contributed by atoms with Crippen molar-refractivity contribution in [2.75, 3.05) is 33.5 Å². The van der Waals surface area contributed by atoms with E-state index in [1.165, 1.54) is 7.11 Å². The molecule has 1 aliphatic heterocycles. The molecule has 168 valence electrons. The summed E-state index contributed by atoms with van der Waals surface area (Å²) in [7, 11) is 1.52. The van der Waals surface area contributed by atoms with Crippen molar-refractivity contribution in [3.63, 3.8) is 0 Å². The minimum Gasteiger partial charge on any atom is -0.487 e. The summed E-state index contributed by atoms with van der Waals surface area (Å²) in [5.41, 5.74) is 0.788. The number of benzene rings is 1. The number of carbonyl (C=O) groups excluding carboxylic acids is 1. The molecule has 0 atom stereocenters. The number of hydrogen-bond donors (Lipinski definition) is 0. The predicted molar refractivity (Wildman–Crippen MR) is 114 cm³/mol. The number of methoxy groups -OCH3 is 1. The smallest absolute Gasteiger partial charge is 0.254 e. The number of para-hydroxylation sites is 2. The number of pyridine rings is 1. The van der Waals surface area contributed by atoms with Gasteiger partial charge in [0.2, 0.25) is 11.8 Å². The zero-order valence-electron chi connectivity index (χ0n) is 17.9. The van der Waals surface area contributed by atoms with E-state index in [-0.39, 0.29) is 12.3 Å². The number of amides is 1. The van der Waals surface area contributed by atoms with Crippen molar-refractivity contribution < 1.29 is 28.3 Å². The Labute approximate surface area is 185 Å². The van der Waals surface area contributed by atoms with Crippen molar-refractivity contribution >= 4 is 5.91 Å². The molecule has 9 heteroatoms. The topological polar surface area (TPSA) is 96.2 Å². The van der Waals surface area contributed by atoms with Crippen LogP contribution in [0.15, 0.2) is 53.2 Å². The Balaban J connectivity index is 1.52. The molecule has 0 N–H and O–H groups in total. The van der Waals surface area contributed by atoms with Crippen molar-refractivity contribution in [2.24, 2.45) is 0 Å². The fourth-order valence-electron chi connectivity index (χ4n) is 3.28. The number of rotatable bonds is 4. The third-order valence-corrected chi connectivity index (χ3v) is 4.94. The van der Waals surface area contributed by atoms with Crippen LogP contribution in [0.3, 0.4) is 0 Å². The SMILES string of the molecule is COc1cc(CCC(=O)N2CCOCCOc3ccccc3Oc3ncccc3C2)on1. The van der Waals surface area contributed by atoms with E-state index in [1.807, 2.05) is 36.4 Å². The van der Waals surface area contributed by atoms with Gasteiger partial charge in [-0.05, 0) is 23.4 Å². The molecule has 0 bridgehead atoms. The van der Waals surface area contributed by atoms with Gasteiger partial charge >= 0.3 is 0 Å². The van der Waals surface area contributed by atoms with Gasteiger partial charge in [-0.15, -0.1) is 0 Å². The van der Waals surface area contributed by atoms with Crippen LogP contribution < -0.4 is 14.2 Å². The molecular formula is C23H25N3O6. The first-order valence-corrected chi connectivity index (χ1v) is 10.4. The van der Waals surface area contributed by atoms with E-state index in [9.17, 15) is 4.79 Å². The van der Waals surface area contributed by atoms with Crippen LogP contribution in [-0.2, 0) is 22.5 Å². The number of hydrogen-bond acceptors (Lipinski definition) is 8. The van der Waals surface area contributed by atoms with Crippen LogP contribution in [0.5, 0.6) is 23.3 Å². The second kappa shape index (κ2) is 10.6. The van der Waals surface area contributed by atoms with Gasteiger partial charge in [-0.1, -0.05) is 18.2 Å². The number of aryl methyl sites for hydroxylation is 1.